The number of phenols is 2. The van der Waals surface area contributed by atoms with Gasteiger partial charge in [0.2, 0.25) is 0 Å². The van der Waals surface area contributed by atoms with E-state index in [1.165, 1.54) is 13.0 Å². The van der Waals surface area contributed by atoms with Gasteiger partial charge in [0.05, 0.1) is 13.2 Å². The molecule has 1 aromatic rings. The minimum absolute atomic E-state index is 0.102. The van der Waals surface area contributed by atoms with Crippen LogP contribution in [0, 0.1) is 6.92 Å². The molecule has 1 rings (SSSR count). The Bertz CT molecular complexity index is 387. The molecular weight excluding hydrogens is 228 g/mol. The summed E-state index contributed by atoms with van der Waals surface area (Å²) < 4.78 is 4.76. The molecule has 0 saturated heterocycles. The third kappa shape index (κ3) is 3.08. The summed E-state index contributed by atoms with van der Waals surface area (Å²) in [7, 11) is 0. The molecule has 0 aliphatic heterocycles. The predicted octanol–water partition coefficient (Wildman–Crippen LogP) is -0.0838. The number of ether oxygens (including phenoxy) is 1. The summed E-state index contributed by atoms with van der Waals surface area (Å²) in [6.07, 6.45) is -1.03. The first-order valence-electron chi connectivity index (χ1n) is 4.94. The van der Waals surface area contributed by atoms with Crippen LogP contribution < -0.4 is 0 Å². The summed E-state index contributed by atoms with van der Waals surface area (Å²) in [4.78, 5) is 11.6. The highest BCUT2D eigenvalue weighted by Crippen LogP contribution is 2.27. The van der Waals surface area contributed by atoms with Gasteiger partial charge in [0, 0.05) is 6.07 Å². The molecule has 1 aromatic carbocycles. The van der Waals surface area contributed by atoms with Crippen LogP contribution in [0.1, 0.15) is 15.9 Å². The van der Waals surface area contributed by atoms with Crippen LogP contribution in [0.3, 0.4) is 0 Å². The van der Waals surface area contributed by atoms with Gasteiger partial charge >= 0.3 is 5.97 Å². The van der Waals surface area contributed by atoms with Crippen LogP contribution in [0.25, 0.3) is 0 Å². The first-order valence-corrected chi connectivity index (χ1v) is 4.94. The zero-order chi connectivity index (χ0) is 13.0. The summed E-state index contributed by atoms with van der Waals surface area (Å²) in [5.74, 6) is -1.45. The smallest absolute Gasteiger partial charge is 0.342 e. The van der Waals surface area contributed by atoms with Gasteiger partial charge in [-0.1, -0.05) is 0 Å². The van der Waals surface area contributed by atoms with Crippen molar-refractivity contribution < 1.29 is 30.0 Å². The fourth-order valence-electron chi connectivity index (χ4n) is 1.36. The van der Waals surface area contributed by atoms with Gasteiger partial charge in [0.15, 0.2) is 0 Å². The fourth-order valence-corrected chi connectivity index (χ4v) is 1.36. The third-order valence-electron chi connectivity index (χ3n) is 2.18. The lowest BCUT2D eigenvalue weighted by Gasteiger charge is -2.14. The molecule has 0 unspecified atom stereocenters. The van der Waals surface area contributed by atoms with Crippen molar-refractivity contribution in [2.24, 2.45) is 0 Å². The van der Waals surface area contributed by atoms with Crippen LogP contribution in [0.5, 0.6) is 11.5 Å². The van der Waals surface area contributed by atoms with E-state index in [-0.39, 0.29) is 11.3 Å². The summed E-state index contributed by atoms with van der Waals surface area (Å²) in [6.45, 7) is 0.489. The van der Waals surface area contributed by atoms with E-state index in [9.17, 15) is 15.0 Å². The number of carbonyl (C=O) groups is 1. The highest BCUT2D eigenvalue weighted by Gasteiger charge is 2.20. The van der Waals surface area contributed by atoms with Crippen molar-refractivity contribution in [3.8, 4) is 11.5 Å². The molecular formula is C11H14O6. The lowest BCUT2D eigenvalue weighted by molar-refractivity contribution is -0.00574. The Hall–Kier alpha value is -1.79. The Labute approximate surface area is 97.7 Å². The van der Waals surface area contributed by atoms with Crippen LogP contribution >= 0.6 is 0 Å². The minimum atomic E-state index is -1.03. The van der Waals surface area contributed by atoms with Gasteiger partial charge in [0.1, 0.15) is 23.2 Å². The van der Waals surface area contributed by atoms with E-state index in [1.54, 1.807) is 0 Å². The number of phenolic OH excluding ortho intramolecular Hbond substituents is 2. The molecule has 0 saturated carbocycles. The number of aliphatic hydroxyl groups excluding tert-OH is 2. The molecule has 0 aromatic heterocycles. The average Bonchev–Trinajstić information content (AvgIpc) is 2.24. The van der Waals surface area contributed by atoms with E-state index < -0.39 is 31.0 Å². The van der Waals surface area contributed by atoms with Crippen molar-refractivity contribution in [1.29, 1.82) is 0 Å². The molecule has 4 N–H and O–H groups in total. The number of aryl methyl sites for hydroxylation is 1. The van der Waals surface area contributed by atoms with Crippen molar-refractivity contribution in [3.63, 3.8) is 0 Å². The van der Waals surface area contributed by atoms with Crippen molar-refractivity contribution in [2.75, 3.05) is 13.2 Å². The Morgan fingerprint density at radius 1 is 1.29 bits per heavy atom. The molecule has 0 radical (unpaired) electrons. The number of carbonyl (C=O) groups excluding carboxylic acids is 1. The Kier molecular flexibility index (Phi) is 4.30. The summed E-state index contributed by atoms with van der Waals surface area (Å²) in [5, 5.41) is 36.2. The number of aromatic hydroxyl groups is 2. The Morgan fingerprint density at radius 2 is 1.88 bits per heavy atom. The molecule has 0 aliphatic rings. The number of aliphatic hydroxyl groups is 2. The van der Waals surface area contributed by atoms with Gasteiger partial charge in [-0.05, 0) is 18.6 Å². The summed E-state index contributed by atoms with van der Waals surface area (Å²) >= 11 is 0. The average molecular weight is 242 g/mol. The highest BCUT2D eigenvalue weighted by molar-refractivity contribution is 5.94. The van der Waals surface area contributed by atoms with E-state index >= 15 is 0 Å². The Morgan fingerprint density at radius 3 is 2.35 bits per heavy atom. The maximum Gasteiger partial charge on any atom is 0.342 e. The van der Waals surface area contributed by atoms with E-state index in [0.717, 1.165) is 6.07 Å². The van der Waals surface area contributed by atoms with Gasteiger partial charge in [-0.3, -0.25) is 0 Å². The minimum Gasteiger partial charge on any atom is -0.508 e. The number of benzene rings is 1. The lowest BCUT2D eigenvalue weighted by Crippen LogP contribution is -2.26. The fraction of sp³-hybridized carbons (Fsp3) is 0.364. The van der Waals surface area contributed by atoms with E-state index in [0.29, 0.717) is 5.56 Å². The maximum atomic E-state index is 11.6. The molecule has 0 aliphatic carbocycles. The molecule has 94 valence electrons. The SMILES string of the molecule is Cc1cc(O)cc(O)c1C(=O)OC(CO)CO. The monoisotopic (exact) mass is 242 g/mol. The first-order chi connectivity index (χ1) is 7.99. The quantitative estimate of drug-likeness (QED) is 0.550. The number of hydrogen-bond donors (Lipinski definition) is 4. The predicted molar refractivity (Wildman–Crippen MR) is 57.9 cm³/mol. The number of esters is 1. The number of rotatable bonds is 4. The second kappa shape index (κ2) is 5.51. The van der Waals surface area contributed by atoms with Gasteiger partial charge in [-0.15, -0.1) is 0 Å². The van der Waals surface area contributed by atoms with Gasteiger partial charge < -0.3 is 25.2 Å². The van der Waals surface area contributed by atoms with Crippen molar-refractivity contribution in [3.05, 3.63) is 23.3 Å². The van der Waals surface area contributed by atoms with Crippen LogP contribution in [-0.2, 0) is 4.74 Å². The van der Waals surface area contributed by atoms with Gasteiger partial charge in [-0.25, -0.2) is 4.79 Å². The van der Waals surface area contributed by atoms with E-state index in [1.807, 2.05) is 0 Å². The summed E-state index contributed by atoms with van der Waals surface area (Å²) in [5.41, 5.74) is 0.233. The van der Waals surface area contributed by atoms with Crippen LogP contribution in [-0.4, -0.2) is 45.7 Å². The number of hydrogen-bond acceptors (Lipinski definition) is 6. The second-order valence-corrected chi connectivity index (χ2v) is 3.55. The normalized spacial score (nSPS) is 10.6. The zero-order valence-electron chi connectivity index (χ0n) is 9.25. The summed E-state index contributed by atoms with van der Waals surface area (Å²) in [6, 6.07) is 2.31. The standard InChI is InChI=1S/C11H14O6/c1-6-2-7(14)3-9(15)10(6)11(16)17-8(4-12)5-13/h2-3,8,12-15H,4-5H2,1H3. The first kappa shape index (κ1) is 13.3. The molecule has 0 fully saturated rings. The maximum absolute atomic E-state index is 11.6. The molecule has 0 spiro atoms. The van der Waals surface area contributed by atoms with Crippen LogP contribution in [0.15, 0.2) is 12.1 Å². The molecule has 0 amide bonds. The van der Waals surface area contributed by atoms with Crippen LogP contribution in [0.4, 0.5) is 0 Å². The lowest BCUT2D eigenvalue weighted by atomic mass is 10.1. The third-order valence-corrected chi connectivity index (χ3v) is 2.18. The molecule has 6 heteroatoms. The van der Waals surface area contributed by atoms with Crippen molar-refractivity contribution >= 4 is 5.97 Å². The zero-order valence-corrected chi connectivity index (χ0v) is 9.25. The topological polar surface area (TPSA) is 107 Å². The van der Waals surface area contributed by atoms with Crippen molar-refractivity contribution in [2.45, 2.75) is 13.0 Å². The van der Waals surface area contributed by atoms with Gasteiger partial charge in [-0.2, -0.15) is 0 Å². The largest absolute Gasteiger partial charge is 0.508 e. The highest BCUT2D eigenvalue weighted by atomic mass is 16.6. The van der Waals surface area contributed by atoms with E-state index in [4.69, 9.17) is 14.9 Å². The van der Waals surface area contributed by atoms with Gasteiger partial charge in [0.25, 0.3) is 0 Å². The van der Waals surface area contributed by atoms with Crippen molar-refractivity contribution in [1.82, 2.24) is 0 Å². The molecule has 6 nitrogen and oxygen atoms in total. The molecule has 17 heavy (non-hydrogen) atoms. The Balaban J connectivity index is 2.96. The second-order valence-electron chi connectivity index (χ2n) is 3.55. The van der Waals surface area contributed by atoms with Crippen LogP contribution in [0.2, 0.25) is 0 Å². The molecule has 0 bridgehead atoms. The molecule has 0 atom stereocenters. The van der Waals surface area contributed by atoms with E-state index in [2.05, 4.69) is 0 Å². The molecule has 0 heterocycles.